The van der Waals surface area contributed by atoms with Gasteiger partial charge < -0.3 is 4.74 Å². The zero-order chi connectivity index (χ0) is 13.1. The van der Waals surface area contributed by atoms with E-state index in [4.69, 9.17) is 4.84 Å². The quantitative estimate of drug-likeness (QED) is 0.456. The third kappa shape index (κ3) is 3.59. The van der Waals surface area contributed by atoms with Crippen molar-refractivity contribution in [1.82, 2.24) is 0 Å². The number of carbonyl (C=O) groups is 1. The van der Waals surface area contributed by atoms with Crippen LogP contribution < -0.4 is 9.57 Å². The zero-order valence-corrected chi connectivity index (χ0v) is 10.7. The van der Waals surface area contributed by atoms with E-state index in [1.54, 1.807) is 24.5 Å². The minimum absolute atomic E-state index is 0.131. The molecular formula is C13H18NO3+. The zero-order valence-electron chi connectivity index (χ0n) is 10.7. The van der Waals surface area contributed by atoms with Crippen molar-refractivity contribution < 1.29 is 19.1 Å². The monoisotopic (exact) mass is 236 g/mol. The Labute approximate surface area is 101 Å². The van der Waals surface area contributed by atoms with Crippen LogP contribution in [0.4, 0.5) is 0 Å². The Morgan fingerprint density at radius 2 is 1.82 bits per heavy atom. The summed E-state index contributed by atoms with van der Waals surface area (Å²) in [6.07, 6.45) is 3.28. The number of carbonyl (C=O) groups excluding carboxylic acids is 1. The predicted molar refractivity (Wildman–Crippen MR) is 63.2 cm³/mol. The van der Waals surface area contributed by atoms with Gasteiger partial charge in [0.25, 0.3) is 0 Å². The Kier molecular flexibility index (Phi) is 3.89. The summed E-state index contributed by atoms with van der Waals surface area (Å²) in [5.41, 5.74) is 0.349. The minimum Gasteiger partial charge on any atom is -0.465 e. The molecule has 1 rings (SSSR count). The molecule has 0 spiro atoms. The molecule has 0 unspecified atom stereocenters. The van der Waals surface area contributed by atoms with E-state index in [1.165, 1.54) is 11.8 Å². The molecule has 0 saturated heterocycles. The lowest BCUT2D eigenvalue weighted by molar-refractivity contribution is -0.882. The molecule has 1 heterocycles. The fourth-order valence-corrected chi connectivity index (χ4v) is 0.992. The molecule has 92 valence electrons. The highest BCUT2D eigenvalue weighted by atomic mass is 16.7. The van der Waals surface area contributed by atoms with Gasteiger partial charge in [0, 0.05) is 22.3 Å². The smallest absolute Gasteiger partial charge is 0.338 e. The molecule has 0 amide bonds. The molecule has 0 radical (unpaired) electrons. The molecule has 0 aliphatic heterocycles. The number of nitrogens with zero attached hydrogens (tertiary/aromatic N) is 1. The van der Waals surface area contributed by atoms with Crippen molar-refractivity contribution in [2.45, 2.75) is 20.8 Å². The standard InChI is InChI=1S/C13H18NO3/c1-10(13(2,3)4)17-14-8-6-11(7-9-14)12(15)16-5/h6-9H,1H2,2-5H3/q+1. The fraction of sp³-hybridized carbons (Fsp3) is 0.385. The second-order valence-corrected chi connectivity index (χ2v) is 4.70. The van der Waals surface area contributed by atoms with E-state index < -0.39 is 0 Å². The number of esters is 1. The molecule has 0 fully saturated rings. The van der Waals surface area contributed by atoms with Gasteiger partial charge in [0.15, 0.2) is 5.76 Å². The van der Waals surface area contributed by atoms with Crippen molar-refractivity contribution in [2.24, 2.45) is 5.41 Å². The van der Waals surface area contributed by atoms with Crippen molar-refractivity contribution in [2.75, 3.05) is 7.11 Å². The Morgan fingerprint density at radius 3 is 2.24 bits per heavy atom. The second-order valence-electron chi connectivity index (χ2n) is 4.70. The van der Waals surface area contributed by atoms with E-state index in [9.17, 15) is 4.79 Å². The van der Waals surface area contributed by atoms with Crippen molar-refractivity contribution in [1.29, 1.82) is 0 Å². The van der Waals surface area contributed by atoms with E-state index in [0.29, 0.717) is 11.3 Å². The van der Waals surface area contributed by atoms with Gasteiger partial charge in [0.1, 0.15) is 0 Å². The lowest BCUT2D eigenvalue weighted by atomic mass is 9.95. The highest BCUT2D eigenvalue weighted by molar-refractivity contribution is 5.88. The van der Waals surface area contributed by atoms with Gasteiger partial charge in [-0.2, -0.15) is 0 Å². The first-order valence-corrected chi connectivity index (χ1v) is 5.32. The summed E-state index contributed by atoms with van der Waals surface area (Å²) < 4.78 is 6.10. The lowest BCUT2D eigenvalue weighted by Gasteiger charge is -2.16. The van der Waals surface area contributed by atoms with Crippen LogP contribution in [-0.2, 0) is 4.74 Å². The summed E-state index contributed by atoms with van der Waals surface area (Å²) in [7, 11) is 1.35. The van der Waals surface area contributed by atoms with Crippen LogP contribution in [0.1, 0.15) is 31.1 Å². The maximum atomic E-state index is 11.2. The summed E-state index contributed by atoms with van der Waals surface area (Å²) >= 11 is 0. The third-order valence-electron chi connectivity index (χ3n) is 2.28. The molecule has 0 aliphatic carbocycles. The van der Waals surface area contributed by atoms with Crippen LogP contribution in [0.3, 0.4) is 0 Å². The Balaban J connectivity index is 2.76. The van der Waals surface area contributed by atoms with Crippen LogP contribution in [0, 0.1) is 5.41 Å². The molecule has 0 bridgehead atoms. The molecule has 4 nitrogen and oxygen atoms in total. The van der Waals surface area contributed by atoms with Crippen LogP contribution in [0.2, 0.25) is 0 Å². The molecule has 0 atom stereocenters. The first-order chi connectivity index (χ1) is 7.84. The fourth-order valence-electron chi connectivity index (χ4n) is 0.992. The van der Waals surface area contributed by atoms with Crippen molar-refractivity contribution in [3.63, 3.8) is 0 Å². The first-order valence-electron chi connectivity index (χ1n) is 5.32. The van der Waals surface area contributed by atoms with Gasteiger partial charge >= 0.3 is 5.97 Å². The molecule has 4 heteroatoms. The molecule has 1 aromatic rings. The number of hydrogen-bond acceptors (Lipinski definition) is 3. The van der Waals surface area contributed by atoms with Gasteiger partial charge in [-0.25, -0.2) is 9.63 Å². The van der Waals surface area contributed by atoms with Crippen LogP contribution in [-0.4, -0.2) is 13.1 Å². The Hall–Kier alpha value is -1.84. The maximum Gasteiger partial charge on any atom is 0.338 e. The van der Waals surface area contributed by atoms with Crippen molar-refractivity contribution in [3.05, 3.63) is 42.4 Å². The molecular weight excluding hydrogens is 218 g/mol. The topological polar surface area (TPSA) is 39.4 Å². The number of rotatable bonds is 3. The van der Waals surface area contributed by atoms with E-state index in [1.807, 2.05) is 20.8 Å². The van der Waals surface area contributed by atoms with Crippen LogP contribution in [0.5, 0.6) is 0 Å². The molecule has 0 saturated carbocycles. The number of allylic oxidation sites excluding steroid dienone is 1. The largest absolute Gasteiger partial charge is 0.465 e. The van der Waals surface area contributed by atoms with Crippen molar-refractivity contribution in [3.8, 4) is 0 Å². The normalized spacial score (nSPS) is 10.8. The summed E-state index contributed by atoms with van der Waals surface area (Å²) in [5.74, 6) is 0.278. The van der Waals surface area contributed by atoms with Gasteiger partial charge in [0.05, 0.1) is 12.7 Å². The summed E-state index contributed by atoms with van der Waals surface area (Å²) in [5, 5.41) is 0. The SMILES string of the molecule is C=C(O[n+]1ccc(C(=O)OC)cc1)C(C)(C)C. The van der Waals surface area contributed by atoms with Gasteiger partial charge in [-0.1, -0.05) is 27.4 Å². The van der Waals surface area contributed by atoms with Gasteiger partial charge in [-0.15, -0.1) is 0 Å². The van der Waals surface area contributed by atoms with Gasteiger partial charge in [-0.3, -0.25) is 0 Å². The van der Waals surface area contributed by atoms with Gasteiger partial charge in [-0.05, 0) is 0 Å². The summed E-state index contributed by atoms with van der Waals surface area (Å²) in [4.78, 5) is 16.7. The lowest BCUT2D eigenvalue weighted by Crippen LogP contribution is -2.43. The average molecular weight is 236 g/mol. The van der Waals surface area contributed by atoms with Crippen LogP contribution in [0.15, 0.2) is 36.9 Å². The third-order valence-corrected chi connectivity index (χ3v) is 2.28. The average Bonchev–Trinajstić information content (AvgIpc) is 2.27. The predicted octanol–water partition coefficient (Wildman–Crippen LogP) is 1.75. The number of aromatic nitrogens is 1. The summed E-state index contributed by atoms with van der Waals surface area (Å²) in [6.45, 7) is 9.90. The van der Waals surface area contributed by atoms with Gasteiger partial charge in [0.2, 0.25) is 12.4 Å². The Bertz CT molecular complexity index is 415. The highest BCUT2D eigenvalue weighted by Gasteiger charge is 2.21. The molecule has 0 aliphatic rings. The number of methoxy groups -OCH3 is 1. The number of pyridine rings is 1. The van der Waals surface area contributed by atoms with E-state index in [2.05, 4.69) is 11.3 Å². The van der Waals surface area contributed by atoms with Crippen molar-refractivity contribution >= 4 is 5.97 Å². The van der Waals surface area contributed by atoms with E-state index >= 15 is 0 Å². The first kappa shape index (κ1) is 13.2. The van der Waals surface area contributed by atoms with E-state index in [-0.39, 0.29) is 11.4 Å². The second kappa shape index (κ2) is 4.99. The molecule has 0 aromatic carbocycles. The molecule has 0 N–H and O–H groups in total. The number of hydrogen-bond donors (Lipinski definition) is 0. The summed E-state index contributed by atoms with van der Waals surface area (Å²) in [6, 6.07) is 3.25. The van der Waals surface area contributed by atoms with Crippen LogP contribution >= 0.6 is 0 Å². The molecule has 17 heavy (non-hydrogen) atoms. The number of ether oxygens (including phenoxy) is 1. The minimum atomic E-state index is -0.369. The maximum absolute atomic E-state index is 11.2. The van der Waals surface area contributed by atoms with Crippen LogP contribution in [0.25, 0.3) is 0 Å². The highest BCUT2D eigenvalue weighted by Crippen LogP contribution is 2.21. The molecule has 1 aromatic heterocycles. The Morgan fingerprint density at radius 1 is 1.29 bits per heavy atom. The van der Waals surface area contributed by atoms with E-state index in [0.717, 1.165) is 0 Å².